The van der Waals surface area contributed by atoms with Gasteiger partial charge in [0, 0.05) is 5.56 Å². The molecule has 0 aliphatic carbocycles. The zero-order chi connectivity index (χ0) is 16.2. The van der Waals surface area contributed by atoms with Gasteiger partial charge in [-0.3, -0.25) is 0 Å². The second-order valence-electron chi connectivity index (χ2n) is 4.77. The molecular formula is C17H14F3NO. The zero-order valence-corrected chi connectivity index (χ0v) is 11.8. The van der Waals surface area contributed by atoms with Crippen LogP contribution in [0.15, 0.2) is 65.8 Å². The van der Waals surface area contributed by atoms with Gasteiger partial charge in [-0.05, 0) is 18.6 Å². The summed E-state index contributed by atoms with van der Waals surface area (Å²) in [5, 5.41) is 12.1. The molecular weight excluding hydrogens is 291 g/mol. The van der Waals surface area contributed by atoms with Gasteiger partial charge < -0.3 is 5.21 Å². The summed E-state index contributed by atoms with van der Waals surface area (Å²) in [6.07, 6.45) is -3.71. The summed E-state index contributed by atoms with van der Waals surface area (Å²) in [4.78, 5) is 0. The largest absolute Gasteiger partial charge is 0.417 e. The van der Waals surface area contributed by atoms with Crippen molar-refractivity contribution in [2.45, 2.75) is 13.1 Å². The molecule has 0 spiro atoms. The van der Waals surface area contributed by atoms with Crippen LogP contribution in [0.25, 0.3) is 5.57 Å². The first kappa shape index (κ1) is 15.8. The molecule has 0 aliphatic heterocycles. The van der Waals surface area contributed by atoms with E-state index in [9.17, 15) is 13.2 Å². The number of aryl methyl sites for hydroxylation is 1. The number of benzene rings is 2. The van der Waals surface area contributed by atoms with E-state index in [0.717, 1.165) is 11.6 Å². The quantitative estimate of drug-likeness (QED) is 0.492. The fourth-order valence-corrected chi connectivity index (χ4v) is 1.98. The molecule has 0 saturated carbocycles. The van der Waals surface area contributed by atoms with E-state index in [4.69, 9.17) is 5.21 Å². The molecule has 0 atom stereocenters. The van der Waals surface area contributed by atoms with Gasteiger partial charge in [-0.1, -0.05) is 65.3 Å². The van der Waals surface area contributed by atoms with Gasteiger partial charge in [0.1, 0.15) is 5.71 Å². The number of alkyl halides is 3. The standard InChI is InChI=1S/C17H14F3NO/c1-12-7-9-14(10-8-12)16(21-22)11-15(17(18,19)20)13-5-3-2-4-6-13/h2-11,22H,1H3/b15-11-,21-16?. The SMILES string of the molecule is Cc1ccc(C(/C=C(/c2ccccc2)C(F)(F)F)=NO)cc1. The summed E-state index contributed by atoms with van der Waals surface area (Å²) in [7, 11) is 0. The van der Waals surface area contributed by atoms with Crippen molar-refractivity contribution in [3.05, 3.63) is 77.4 Å². The van der Waals surface area contributed by atoms with Crippen LogP contribution in [0.1, 0.15) is 16.7 Å². The van der Waals surface area contributed by atoms with Gasteiger partial charge in [-0.25, -0.2) is 0 Å². The van der Waals surface area contributed by atoms with E-state index < -0.39 is 11.7 Å². The molecule has 0 saturated heterocycles. The monoisotopic (exact) mass is 305 g/mol. The van der Waals surface area contributed by atoms with E-state index in [1.54, 1.807) is 30.3 Å². The first-order chi connectivity index (χ1) is 10.4. The molecule has 0 heterocycles. The minimum absolute atomic E-state index is 0.0169. The van der Waals surface area contributed by atoms with Crippen LogP contribution in [-0.2, 0) is 0 Å². The Morgan fingerprint density at radius 1 is 0.955 bits per heavy atom. The van der Waals surface area contributed by atoms with Crippen molar-refractivity contribution in [3.63, 3.8) is 0 Å². The highest BCUT2D eigenvalue weighted by molar-refractivity contribution is 6.12. The fourth-order valence-electron chi connectivity index (χ4n) is 1.98. The van der Waals surface area contributed by atoms with Crippen LogP contribution in [-0.4, -0.2) is 17.1 Å². The van der Waals surface area contributed by atoms with Crippen LogP contribution in [0.4, 0.5) is 13.2 Å². The molecule has 1 N–H and O–H groups in total. The van der Waals surface area contributed by atoms with Gasteiger partial charge >= 0.3 is 6.18 Å². The Hall–Kier alpha value is -2.56. The van der Waals surface area contributed by atoms with Crippen LogP contribution >= 0.6 is 0 Å². The predicted molar refractivity (Wildman–Crippen MR) is 80.0 cm³/mol. The molecule has 0 fully saturated rings. The van der Waals surface area contributed by atoms with Gasteiger partial charge in [0.2, 0.25) is 0 Å². The third-order valence-corrected chi connectivity index (χ3v) is 3.13. The summed E-state index contributed by atoms with van der Waals surface area (Å²) in [5.74, 6) is 0. The van der Waals surface area contributed by atoms with Gasteiger partial charge in [-0.2, -0.15) is 13.2 Å². The number of rotatable bonds is 3. The minimum atomic E-state index is -4.55. The Morgan fingerprint density at radius 3 is 2.05 bits per heavy atom. The molecule has 0 radical (unpaired) electrons. The summed E-state index contributed by atoms with van der Waals surface area (Å²) in [6.45, 7) is 1.86. The van der Waals surface area contributed by atoms with E-state index in [-0.39, 0.29) is 11.3 Å². The lowest BCUT2D eigenvalue weighted by atomic mass is 10.0. The second kappa shape index (κ2) is 6.47. The van der Waals surface area contributed by atoms with Gasteiger partial charge in [-0.15, -0.1) is 0 Å². The van der Waals surface area contributed by atoms with E-state index in [1.165, 1.54) is 24.3 Å². The normalized spacial score (nSPS) is 13.3. The molecule has 0 unspecified atom stereocenters. The first-order valence-electron chi connectivity index (χ1n) is 6.55. The summed E-state index contributed by atoms with van der Waals surface area (Å²) < 4.78 is 39.8. The van der Waals surface area contributed by atoms with Crippen molar-refractivity contribution >= 4 is 11.3 Å². The maximum absolute atomic E-state index is 13.3. The van der Waals surface area contributed by atoms with Crippen molar-refractivity contribution in [1.82, 2.24) is 0 Å². The summed E-state index contributed by atoms with van der Waals surface area (Å²) in [6, 6.07) is 14.1. The molecule has 114 valence electrons. The number of hydrogen-bond acceptors (Lipinski definition) is 2. The lowest BCUT2D eigenvalue weighted by Crippen LogP contribution is -2.13. The van der Waals surface area contributed by atoms with E-state index in [0.29, 0.717) is 5.56 Å². The number of oxime groups is 1. The Bertz CT molecular complexity index is 686. The van der Waals surface area contributed by atoms with Gasteiger partial charge in [0.15, 0.2) is 0 Å². The topological polar surface area (TPSA) is 32.6 Å². The smallest absolute Gasteiger partial charge is 0.410 e. The first-order valence-corrected chi connectivity index (χ1v) is 6.55. The molecule has 2 aromatic carbocycles. The molecule has 2 nitrogen and oxygen atoms in total. The average molecular weight is 305 g/mol. The number of allylic oxidation sites excluding steroid dienone is 2. The molecule has 0 amide bonds. The highest BCUT2D eigenvalue weighted by Crippen LogP contribution is 2.34. The molecule has 2 rings (SSSR count). The molecule has 5 heteroatoms. The van der Waals surface area contributed by atoms with Gasteiger partial charge in [0.25, 0.3) is 0 Å². The average Bonchev–Trinajstić information content (AvgIpc) is 2.49. The van der Waals surface area contributed by atoms with E-state index in [2.05, 4.69) is 5.16 Å². The summed E-state index contributed by atoms with van der Waals surface area (Å²) >= 11 is 0. The van der Waals surface area contributed by atoms with Crippen LogP contribution in [0, 0.1) is 6.92 Å². The van der Waals surface area contributed by atoms with Crippen molar-refractivity contribution in [2.75, 3.05) is 0 Å². The molecule has 2 aromatic rings. The molecule has 0 aliphatic rings. The number of nitrogens with zero attached hydrogens (tertiary/aromatic N) is 1. The van der Waals surface area contributed by atoms with E-state index >= 15 is 0 Å². The highest BCUT2D eigenvalue weighted by atomic mass is 19.4. The van der Waals surface area contributed by atoms with Crippen molar-refractivity contribution in [2.24, 2.45) is 5.16 Å². The molecule has 0 aromatic heterocycles. The molecule has 0 bridgehead atoms. The van der Waals surface area contributed by atoms with Crippen molar-refractivity contribution < 1.29 is 18.4 Å². The minimum Gasteiger partial charge on any atom is -0.410 e. The Balaban J connectivity index is 2.50. The van der Waals surface area contributed by atoms with Crippen LogP contribution in [0.5, 0.6) is 0 Å². The Kier molecular flexibility index (Phi) is 4.65. The number of halogens is 3. The van der Waals surface area contributed by atoms with E-state index in [1.807, 2.05) is 6.92 Å². The van der Waals surface area contributed by atoms with Crippen molar-refractivity contribution in [3.8, 4) is 0 Å². The van der Waals surface area contributed by atoms with Gasteiger partial charge in [0.05, 0.1) is 5.57 Å². The third-order valence-electron chi connectivity index (χ3n) is 3.13. The lowest BCUT2D eigenvalue weighted by Gasteiger charge is -2.12. The Morgan fingerprint density at radius 2 is 1.55 bits per heavy atom. The van der Waals surface area contributed by atoms with Crippen LogP contribution in [0.2, 0.25) is 0 Å². The lowest BCUT2D eigenvalue weighted by molar-refractivity contribution is -0.0688. The maximum Gasteiger partial charge on any atom is 0.417 e. The maximum atomic E-state index is 13.3. The summed E-state index contributed by atoms with van der Waals surface area (Å²) in [5.41, 5.74) is 0.385. The predicted octanol–water partition coefficient (Wildman–Crippen LogP) is 4.82. The number of hydrogen-bond donors (Lipinski definition) is 1. The molecule has 22 heavy (non-hydrogen) atoms. The van der Waals surface area contributed by atoms with Crippen molar-refractivity contribution in [1.29, 1.82) is 0 Å². The zero-order valence-electron chi connectivity index (χ0n) is 11.8. The second-order valence-corrected chi connectivity index (χ2v) is 4.77. The fraction of sp³-hybridized carbons (Fsp3) is 0.118. The third kappa shape index (κ3) is 3.75. The van der Waals surface area contributed by atoms with Crippen LogP contribution in [0.3, 0.4) is 0 Å². The highest BCUT2D eigenvalue weighted by Gasteiger charge is 2.35. The van der Waals surface area contributed by atoms with Crippen LogP contribution < -0.4 is 0 Å². The Labute approximate surface area is 126 Å².